The van der Waals surface area contributed by atoms with Gasteiger partial charge in [-0.05, 0) is 56.5 Å². The Balaban J connectivity index is 2.24. The van der Waals surface area contributed by atoms with Gasteiger partial charge in [0.25, 0.3) is 5.91 Å². The summed E-state index contributed by atoms with van der Waals surface area (Å²) in [6.45, 7) is 1.90. The summed E-state index contributed by atoms with van der Waals surface area (Å²) in [5.74, 6) is 0.390. The van der Waals surface area contributed by atoms with Crippen LogP contribution in [-0.4, -0.2) is 15.5 Å². The second kappa shape index (κ2) is 5.24. The number of pyridine rings is 1. The number of aromatic nitrogens is 2. The molecule has 0 saturated carbocycles. The topological polar surface area (TPSA) is 46.9 Å². The fourth-order valence-electron chi connectivity index (χ4n) is 1.59. The Kier molecular flexibility index (Phi) is 3.87. The van der Waals surface area contributed by atoms with Crippen LogP contribution in [0.4, 0.5) is 5.82 Å². The molecule has 2 aromatic heterocycles. The average molecular weight is 373 g/mol. The predicted octanol–water partition coefficient (Wildman–Crippen LogP) is 3.51. The maximum absolute atomic E-state index is 12.1. The summed E-state index contributed by atoms with van der Waals surface area (Å²) in [4.78, 5) is 16.3. The summed E-state index contributed by atoms with van der Waals surface area (Å²) in [6.07, 6.45) is 3.49. The van der Waals surface area contributed by atoms with Crippen LogP contribution in [0.5, 0.6) is 0 Å². The van der Waals surface area contributed by atoms with Gasteiger partial charge < -0.3 is 9.88 Å². The molecule has 2 heterocycles. The van der Waals surface area contributed by atoms with E-state index in [-0.39, 0.29) is 5.91 Å². The van der Waals surface area contributed by atoms with E-state index in [2.05, 4.69) is 42.2 Å². The van der Waals surface area contributed by atoms with Crippen LogP contribution in [0, 0.1) is 6.92 Å². The Labute approximate surface area is 122 Å². The lowest BCUT2D eigenvalue weighted by molar-refractivity contribution is 0.101. The molecule has 0 unspecified atom stereocenters. The lowest BCUT2D eigenvalue weighted by Crippen LogP contribution is -2.16. The highest BCUT2D eigenvalue weighted by Crippen LogP contribution is 2.19. The molecule has 0 fully saturated rings. The second-order valence-electron chi connectivity index (χ2n) is 3.93. The fourth-order valence-corrected chi connectivity index (χ4v) is 2.56. The Morgan fingerprint density at radius 2 is 2.06 bits per heavy atom. The molecule has 0 aliphatic heterocycles. The Morgan fingerprint density at radius 1 is 1.33 bits per heavy atom. The van der Waals surface area contributed by atoms with Crippen molar-refractivity contribution in [2.75, 3.05) is 5.32 Å². The van der Waals surface area contributed by atoms with Crippen molar-refractivity contribution in [1.29, 1.82) is 0 Å². The van der Waals surface area contributed by atoms with Crippen molar-refractivity contribution in [3.05, 3.63) is 44.7 Å². The molecular weight excluding hydrogens is 362 g/mol. The molecule has 2 aromatic rings. The van der Waals surface area contributed by atoms with Crippen LogP contribution < -0.4 is 5.32 Å². The van der Waals surface area contributed by atoms with Gasteiger partial charge in [0.1, 0.15) is 11.5 Å². The zero-order valence-electron chi connectivity index (χ0n) is 9.87. The number of carbonyl (C=O) groups excluding carboxylic acids is 1. The summed E-state index contributed by atoms with van der Waals surface area (Å²) in [5.41, 5.74) is 1.48. The Morgan fingerprint density at radius 3 is 2.61 bits per heavy atom. The first-order valence-electron chi connectivity index (χ1n) is 5.22. The number of anilines is 1. The zero-order valence-corrected chi connectivity index (χ0v) is 13.0. The van der Waals surface area contributed by atoms with Crippen LogP contribution in [0.3, 0.4) is 0 Å². The van der Waals surface area contributed by atoms with Crippen LogP contribution in [0.2, 0.25) is 0 Å². The minimum absolute atomic E-state index is 0.180. The minimum atomic E-state index is -0.180. The van der Waals surface area contributed by atoms with Crippen molar-refractivity contribution in [2.45, 2.75) is 6.92 Å². The molecule has 94 valence electrons. The summed E-state index contributed by atoms with van der Waals surface area (Å²) >= 11 is 6.67. The highest BCUT2D eigenvalue weighted by atomic mass is 79.9. The first-order valence-corrected chi connectivity index (χ1v) is 6.81. The maximum Gasteiger partial charge on any atom is 0.273 e. The van der Waals surface area contributed by atoms with Crippen molar-refractivity contribution in [3.63, 3.8) is 0 Å². The van der Waals surface area contributed by atoms with Gasteiger partial charge in [0, 0.05) is 28.4 Å². The van der Waals surface area contributed by atoms with Gasteiger partial charge in [-0.25, -0.2) is 4.98 Å². The van der Waals surface area contributed by atoms with Gasteiger partial charge in [-0.2, -0.15) is 0 Å². The minimum Gasteiger partial charge on any atom is -0.345 e. The number of amides is 1. The quantitative estimate of drug-likeness (QED) is 0.876. The molecule has 0 aromatic carbocycles. The van der Waals surface area contributed by atoms with E-state index in [1.165, 1.54) is 0 Å². The molecule has 1 N–H and O–H groups in total. The number of aryl methyl sites for hydroxylation is 2. The normalized spacial score (nSPS) is 10.4. The molecule has 6 heteroatoms. The number of carbonyl (C=O) groups is 1. The summed E-state index contributed by atoms with van der Waals surface area (Å²) in [5, 5.41) is 2.80. The largest absolute Gasteiger partial charge is 0.345 e. The van der Waals surface area contributed by atoms with Crippen molar-refractivity contribution >= 4 is 43.6 Å². The van der Waals surface area contributed by atoms with Gasteiger partial charge in [-0.3, -0.25) is 4.79 Å². The van der Waals surface area contributed by atoms with E-state index < -0.39 is 0 Å². The number of hydrogen-bond donors (Lipinski definition) is 1. The molecule has 1 amide bonds. The van der Waals surface area contributed by atoms with E-state index in [1.54, 1.807) is 16.8 Å². The number of nitrogens with zero attached hydrogens (tertiary/aromatic N) is 2. The molecule has 18 heavy (non-hydrogen) atoms. The molecule has 0 radical (unpaired) electrons. The SMILES string of the molecule is Cc1cc(Br)cnc1NC(=O)c1cc(Br)cn1C. The zero-order chi connectivity index (χ0) is 13.3. The number of hydrogen-bond acceptors (Lipinski definition) is 2. The Bertz CT molecular complexity index is 607. The molecule has 2 rings (SSSR count). The monoisotopic (exact) mass is 371 g/mol. The highest BCUT2D eigenvalue weighted by molar-refractivity contribution is 9.10. The summed E-state index contributed by atoms with van der Waals surface area (Å²) in [7, 11) is 1.82. The van der Waals surface area contributed by atoms with Gasteiger partial charge in [0.15, 0.2) is 0 Å². The first-order chi connectivity index (χ1) is 8.47. The molecule has 0 saturated heterocycles. The van der Waals surface area contributed by atoms with Crippen LogP contribution in [-0.2, 0) is 7.05 Å². The highest BCUT2D eigenvalue weighted by Gasteiger charge is 2.13. The Hall–Kier alpha value is -1.14. The van der Waals surface area contributed by atoms with E-state index in [9.17, 15) is 4.79 Å². The van der Waals surface area contributed by atoms with Gasteiger partial charge in [0.2, 0.25) is 0 Å². The molecule has 0 spiro atoms. The standard InChI is InChI=1S/C12H11Br2N3O/c1-7-3-8(13)5-15-11(7)16-12(18)10-4-9(14)6-17(10)2/h3-6H,1-2H3,(H,15,16,18). The van der Waals surface area contributed by atoms with Gasteiger partial charge in [-0.1, -0.05) is 0 Å². The lowest BCUT2D eigenvalue weighted by atomic mass is 10.3. The number of nitrogens with one attached hydrogen (secondary N) is 1. The van der Waals surface area contributed by atoms with Crippen molar-refractivity contribution in [3.8, 4) is 0 Å². The number of halogens is 2. The van der Waals surface area contributed by atoms with E-state index in [0.717, 1.165) is 14.5 Å². The molecule has 0 bridgehead atoms. The van der Waals surface area contributed by atoms with Crippen LogP contribution >= 0.6 is 31.9 Å². The van der Waals surface area contributed by atoms with Crippen LogP contribution in [0.25, 0.3) is 0 Å². The average Bonchev–Trinajstić information content (AvgIpc) is 2.62. The molecule has 4 nitrogen and oxygen atoms in total. The van der Waals surface area contributed by atoms with E-state index >= 15 is 0 Å². The van der Waals surface area contributed by atoms with Crippen LogP contribution in [0.15, 0.2) is 33.5 Å². The van der Waals surface area contributed by atoms with Crippen molar-refractivity contribution in [1.82, 2.24) is 9.55 Å². The first kappa shape index (κ1) is 13.3. The van der Waals surface area contributed by atoms with Gasteiger partial charge in [0.05, 0.1) is 0 Å². The second-order valence-corrected chi connectivity index (χ2v) is 5.76. The molecule has 0 atom stereocenters. The molecule has 0 aliphatic rings. The van der Waals surface area contributed by atoms with Crippen molar-refractivity contribution in [2.24, 2.45) is 7.05 Å². The van der Waals surface area contributed by atoms with E-state index in [0.29, 0.717) is 11.5 Å². The summed E-state index contributed by atoms with van der Waals surface area (Å²) < 4.78 is 3.52. The number of rotatable bonds is 2. The van der Waals surface area contributed by atoms with Gasteiger partial charge in [-0.15, -0.1) is 0 Å². The van der Waals surface area contributed by atoms with Crippen molar-refractivity contribution < 1.29 is 4.79 Å². The van der Waals surface area contributed by atoms with Crippen LogP contribution in [0.1, 0.15) is 16.1 Å². The fraction of sp³-hybridized carbons (Fsp3) is 0.167. The molecule has 0 aliphatic carbocycles. The summed E-state index contributed by atoms with van der Waals surface area (Å²) in [6, 6.07) is 3.67. The lowest BCUT2D eigenvalue weighted by Gasteiger charge is -2.08. The molecular formula is C12H11Br2N3O. The van der Waals surface area contributed by atoms with E-state index in [1.807, 2.05) is 26.2 Å². The third-order valence-electron chi connectivity index (χ3n) is 2.48. The third-order valence-corrected chi connectivity index (χ3v) is 3.35. The maximum atomic E-state index is 12.1. The smallest absolute Gasteiger partial charge is 0.273 e. The van der Waals surface area contributed by atoms with Gasteiger partial charge >= 0.3 is 0 Å². The third kappa shape index (κ3) is 2.81. The predicted molar refractivity (Wildman–Crippen MR) is 77.7 cm³/mol. The van der Waals surface area contributed by atoms with E-state index in [4.69, 9.17) is 0 Å².